The van der Waals surface area contributed by atoms with E-state index in [1.54, 1.807) is 13.0 Å². The van der Waals surface area contributed by atoms with Crippen LogP contribution in [0.25, 0.3) is 11.1 Å². The molecular formula is C16H13FN2O3S. The lowest BCUT2D eigenvalue weighted by Gasteiger charge is -2.08. The first-order valence-corrected chi connectivity index (χ1v) is 8.25. The first-order chi connectivity index (χ1) is 11.0. The van der Waals surface area contributed by atoms with Gasteiger partial charge in [0.05, 0.1) is 0 Å². The summed E-state index contributed by atoms with van der Waals surface area (Å²) in [5.74, 6) is -0.379. The van der Waals surface area contributed by atoms with Gasteiger partial charge in [-0.05, 0) is 30.2 Å². The molecule has 1 N–H and O–H groups in total. The van der Waals surface area contributed by atoms with E-state index >= 15 is 0 Å². The van der Waals surface area contributed by atoms with Crippen LogP contribution in [0.2, 0.25) is 0 Å². The number of aromatic nitrogens is 1. The Morgan fingerprint density at radius 3 is 2.39 bits per heavy atom. The van der Waals surface area contributed by atoms with Crippen molar-refractivity contribution < 1.29 is 17.3 Å². The summed E-state index contributed by atoms with van der Waals surface area (Å²) >= 11 is 0. The van der Waals surface area contributed by atoms with Gasteiger partial charge in [-0.15, -0.1) is 0 Å². The molecule has 0 spiro atoms. The summed E-state index contributed by atoms with van der Waals surface area (Å²) < 4.78 is 45.7. The van der Waals surface area contributed by atoms with E-state index in [2.05, 4.69) is 9.88 Å². The van der Waals surface area contributed by atoms with Crippen LogP contribution in [-0.2, 0) is 10.0 Å². The number of anilines is 1. The molecule has 118 valence electrons. The lowest BCUT2D eigenvalue weighted by Crippen LogP contribution is -2.14. The summed E-state index contributed by atoms with van der Waals surface area (Å²) in [6.07, 6.45) is 0. The van der Waals surface area contributed by atoms with Gasteiger partial charge in [0.2, 0.25) is 0 Å². The van der Waals surface area contributed by atoms with E-state index < -0.39 is 20.7 Å². The summed E-state index contributed by atoms with van der Waals surface area (Å²) in [7, 11) is -4.08. The van der Waals surface area contributed by atoms with Crippen molar-refractivity contribution in [1.82, 2.24) is 5.16 Å². The van der Waals surface area contributed by atoms with Crippen LogP contribution >= 0.6 is 0 Å². The van der Waals surface area contributed by atoms with Crippen LogP contribution in [0, 0.1) is 12.7 Å². The van der Waals surface area contributed by atoms with Gasteiger partial charge in [-0.2, -0.15) is 0 Å². The Kier molecular flexibility index (Phi) is 3.87. The average Bonchev–Trinajstić information content (AvgIpc) is 2.92. The first kappa shape index (κ1) is 15.2. The van der Waals surface area contributed by atoms with Crippen LogP contribution < -0.4 is 4.72 Å². The van der Waals surface area contributed by atoms with Crippen molar-refractivity contribution in [3.63, 3.8) is 0 Å². The quantitative estimate of drug-likeness (QED) is 0.792. The molecule has 0 atom stereocenters. The maximum absolute atomic E-state index is 14.3. The molecule has 3 rings (SSSR count). The van der Waals surface area contributed by atoms with Crippen molar-refractivity contribution in [1.29, 1.82) is 0 Å². The Bertz CT molecular complexity index is 937. The first-order valence-electron chi connectivity index (χ1n) is 6.77. The molecule has 0 unspecified atom stereocenters. The van der Waals surface area contributed by atoms with E-state index in [0.717, 1.165) is 5.56 Å². The molecule has 2 aromatic carbocycles. The topological polar surface area (TPSA) is 72.2 Å². The van der Waals surface area contributed by atoms with E-state index in [4.69, 9.17) is 4.52 Å². The highest BCUT2D eigenvalue weighted by Gasteiger charge is 2.21. The van der Waals surface area contributed by atoms with Crippen LogP contribution in [0.5, 0.6) is 0 Å². The number of rotatable bonds is 4. The van der Waals surface area contributed by atoms with Gasteiger partial charge in [-0.1, -0.05) is 41.6 Å². The lowest BCUT2D eigenvalue weighted by molar-refractivity contribution is 0.400. The smallest absolute Gasteiger partial charge is 0.266 e. The van der Waals surface area contributed by atoms with Gasteiger partial charge in [0, 0.05) is 6.07 Å². The van der Waals surface area contributed by atoms with Crippen molar-refractivity contribution >= 4 is 15.8 Å². The maximum Gasteiger partial charge on any atom is 0.266 e. The van der Waals surface area contributed by atoms with Gasteiger partial charge in [0.1, 0.15) is 16.5 Å². The average molecular weight is 332 g/mol. The number of hydrogen-bond acceptors (Lipinski definition) is 4. The van der Waals surface area contributed by atoms with Crippen molar-refractivity contribution in [3.8, 4) is 11.1 Å². The number of halogens is 1. The maximum atomic E-state index is 14.3. The number of aryl methyl sites for hydroxylation is 1. The molecule has 1 heterocycles. The van der Waals surface area contributed by atoms with E-state index in [1.807, 2.05) is 30.3 Å². The third-order valence-corrected chi connectivity index (χ3v) is 4.58. The second kappa shape index (κ2) is 5.85. The molecule has 0 amide bonds. The molecule has 0 saturated heterocycles. The fourth-order valence-corrected chi connectivity index (χ4v) is 3.18. The highest BCUT2D eigenvalue weighted by molar-refractivity contribution is 7.92. The van der Waals surface area contributed by atoms with Crippen LogP contribution in [0.4, 0.5) is 10.2 Å². The minimum absolute atomic E-state index is 0.00837. The highest BCUT2D eigenvalue weighted by atomic mass is 32.2. The molecule has 3 aromatic rings. The van der Waals surface area contributed by atoms with Gasteiger partial charge in [-0.3, -0.25) is 4.72 Å². The molecule has 0 saturated carbocycles. The molecule has 0 radical (unpaired) electrons. The Hall–Kier alpha value is -2.67. The molecule has 0 fully saturated rings. The van der Waals surface area contributed by atoms with Crippen molar-refractivity contribution in [3.05, 3.63) is 66.2 Å². The second-order valence-corrected chi connectivity index (χ2v) is 6.59. The summed E-state index contributed by atoms with van der Waals surface area (Å²) in [6, 6.07) is 14.5. The van der Waals surface area contributed by atoms with Gasteiger partial charge in [-0.25, -0.2) is 12.8 Å². The van der Waals surface area contributed by atoms with E-state index in [9.17, 15) is 12.8 Å². The number of benzene rings is 2. The molecule has 0 aliphatic heterocycles. The molecule has 0 bridgehead atoms. The zero-order valence-electron chi connectivity index (χ0n) is 12.2. The van der Waals surface area contributed by atoms with Gasteiger partial charge >= 0.3 is 0 Å². The SMILES string of the molecule is Cc1cc(NS(=O)(=O)c2ccc(-c3ccccc3)cc2F)no1. The van der Waals surface area contributed by atoms with Gasteiger partial charge in [0.25, 0.3) is 10.0 Å². The minimum atomic E-state index is -4.08. The van der Waals surface area contributed by atoms with Crippen molar-refractivity contribution in [2.45, 2.75) is 11.8 Å². The van der Waals surface area contributed by atoms with E-state index in [0.29, 0.717) is 11.3 Å². The molecule has 7 heteroatoms. The highest BCUT2D eigenvalue weighted by Crippen LogP contribution is 2.25. The fourth-order valence-electron chi connectivity index (χ4n) is 2.14. The van der Waals surface area contributed by atoms with E-state index in [-0.39, 0.29) is 5.82 Å². The van der Waals surface area contributed by atoms with Crippen LogP contribution in [0.3, 0.4) is 0 Å². The van der Waals surface area contributed by atoms with Crippen LogP contribution in [0.1, 0.15) is 5.76 Å². The van der Waals surface area contributed by atoms with Gasteiger partial charge in [0.15, 0.2) is 5.82 Å². The molecule has 5 nitrogen and oxygen atoms in total. The number of nitrogens with zero attached hydrogens (tertiary/aromatic N) is 1. The van der Waals surface area contributed by atoms with Crippen LogP contribution in [0.15, 0.2) is 64.0 Å². The zero-order chi connectivity index (χ0) is 16.4. The predicted octanol–water partition coefficient (Wildman–Crippen LogP) is 3.59. The Balaban J connectivity index is 1.94. The normalized spacial score (nSPS) is 11.4. The summed E-state index contributed by atoms with van der Waals surface area (Å²) in [5, 5.41) is 3.53. The van der Waals surface area contributed by atoms with Gasteiger partial charge < -0.3 is 4.52 Å². The second-order valence-electron chi connectivity index (χ2n) is 4.94. The summed E-state index contributed by atoms with van der Waals surface area (Å²) in [5.41, 5.74) is 1.40. The Labute approximate surface area is 132 Å². The molecule has 0 aliphatic rings. The molecule has 0 aliphatic carbocycles. The lowest BCUT2D eigenvalue weighted by atomic mass is 10.1. The van der Waals surface area contributed by atoms with Crippen molar-refractivity contribution in [2.24, 2.45) is 0 Å². The third kappa shape index (κ3) is 3.24. The molecular weight excluding hydrogens is 319 g/mol. The van der Waals surface area contributed by atoms with Crippen LogP contribution in [-0.4, -0.2) is 13.6 Å². The third-order valence-electron chi connectivity index (χ3n) is 3.20. The number of sulfonamides is 1. The molecule has 1 aromatic heterocycles. The fraction of sp³-hybridized carbons (Fsp3) is 0.0625. The number of nitrogens with one attached hydrogen (secondary N) is 1. The monoisotopic (exact) mass is 332 g/mol. The Morgan fingerprint density at radius 2 is 1.78 bits per heavy atom. The molecule has 23 heavy (non-hydrogen) atoms. The summed E-state index contributed by atoms with van der Waals surface area (Å²) in [6.45, 7) is 1.63. The summed E-state index contributed by atoms with van der Waals surface area (Å²) in [4.78, 5) is -0.446. The predicted molar refractivity (Wildman–Crippen MR) is 83.9 cm³/mol. The minimum Gasteiger partial charge on any atom is -0.360 e. The zero-order valence-corrected chi connectivity index (χ0v) is 13.0. The van der Waals surface area contributed by atoms with E-state index in [1.165, 1.54) is 18.2 Å². The Morgan fingerprint density at radius 1 is 1.04 bits per heavy atom. The largest absolute Gasteiger partial charge is 0.360 e. The number of hydrogen-bond donors (Lipinski definition) is 1. The van der Waals surface area contributed by atoms with Crippen molar-refractivity contribution in [2.75, 3.05) is 4.72 Å². The standard InChI is InChI=1S/C16H13FN2O3S/c1-11-9-16(18-22-11)19-23(20,21)15-8-7-13(10-14(15)17)12-5-3-2-4-6-12/h2-10H,1H3,(H,18,19).